The van der Waals surface area contributed by atoms with Crippen molar-refractivity contribution < 1.29 is 4.79 Å². The van der Waals surface area contributed by atoms with Crippen molar-refractivity contribution in [2.24, 2.45) is 0 Å². The molecule has 0 amide bonds. The predicted octanol–water partition coefficient (Wildman–Crippen LogP) is 5.05. The Morgan fingerprint density at radius 3 is 2.50 bits per heavy atom. The van der Waals surface area contributed by atoms with Gasteiger partial charge in [-0.1, -0.05) is 30.3 Å². The Morgan fingerprint density at radius 1 is 0.944 bits per heavy atom. The minimum atomic E-state index is 0.732. The number of fused-ring (bicyclic) bond motifs is 2. The number of aldehydes is 1. The summed E-state index contributed by atoms with van der Waals surface area (Å²) in [5.74, 6) is 0. The van der Waals surface area contributed by atoms with Gasteiger partial charge in [0.2, 0.25) is 0 Å². The van der Waals surface area contributed by atoms with Crippen molar-refractivity contribution in [2.45, 2.75) is 4.90 Å². The van der Waals surface area contributed by atoms with E-state index in [1.807, 2.05) is 42.5 Å². The molecular formula is C15H9ClOS. The van der Waals surface area contributed by atoms with Crippen molar-refractivity contribution in [2.75, 3.05) is 0 Å². The zero-order valence-electron chi connectivity index (χ0n) is 9.39. The molecule has 0 N–H and O–H groups in total. The lowest BCUT2D eigenvalue weighted by molar-refractivity contribution is 0.112. The van der Waals surface area contributed by atoms with Crippen LogP contribution in [0.2, 0.25) is 0 Å². The molecule has 0 aliphatic carbocycles. The molecule has 0 atom stereocenters. The molecule has 0 heterocycles. The van der Waals surface area contributed by atoms with Gasteiger partial charge in [-0.2, -0.15) is 0 Å². The lowest BCUT2D eigenvalue weighted by atomic mass is 9.98. The summed E-state index contributed by atoms with van der Waals surface area (Å²) >= 11 is 0. The molecule has 1 nitrogen and oxygen atoms in total. The van der Waals surface area contributed by atoms with E-state index in [4.69, 9.17) is 10.7 Å². The first-order chi connectivity index (χ1) is 8.83. The van der Waals surface area contributed by atoms with E-state index in [-0.39, 0.29) is 0 Å². The molecule has 0 saturated heterocycles. The molecule has 0 fully saturated rings. The summed E-state index contributed by atoms with van der Waals surface area (Å²) < 4.78 is 0. The third-order valence-electron chi connectivity index (χ3n) is 3.08. The largest absolute Gasteiger partial charge is 0.298 e. The molecule has 0 spiro atoms. The number of halogens is 1. The number of carbonyl (C=O) groups excluding carboxylic acids is 1. The number of hydrogen-bond donors (Lipinski definition) is 0. The fourth-order valence-electron chi connectivity index (χ4n) is 2.25. The van der Waals surface area contributed by atoms with Gasteiger partial charge in [-0.25, -0.2) is 0 Å². The van der Waals surface area contributed by atoms with Crippen molar-refractivity contribution in [1.82, 2.24) is 0 Å². The summed E-state index contributed by atoms with van der Waals surface area (Å²) in [4.78, 5) is 12.3. The van der Waals surface area contributed by atoms with Crippen molar-refractivity contribution in [3.8, 4) is 0 Å². The van der Waals surface area contributed by atoms with Crippen LogP contribution in [0.3, 0.4) is 0 Å². The quantitative estimate of drug-likeness (QED) is 0.480. The highest BCUT2D eigenvalue weighted by Gasteiger charge is 2.07. The Hall–Kier alpha value is -1.51. The maximum atomic E-state index is 11.4. The van der Waals surface area contributed by atoms with E-state index in [0.717, 1.165) is 49.3 Å². The Balaban J connectivity index is 2.50. The van der Waals surface area contributed by atoms with Crippen molar-refractivity contribution in [3.05, 3.63) is 54.1 Å². The summed E-state index contributed by atoms with van der Waals surface area (Å²) in [5.41, 5.74) is 0.732. The van der Waals surface area contributed by atoms with E-state index in [1.54, 1.807) is 0 Å². The van der Waals surface area contributed by atoms with Crippen LogP contribution in [0.25, 0.3) is 21.5 Å². The second-order valence-electron chi connectivity index (χ2n) is 4.09. The maximum Gasteiger partial charge on any atom is 0.151 e. The first-order valence-electron chi connectivity index (χ1n) is 5.53. The van der Waals surface area contributed by atoms with Crippen LogP contribution < -0.4 is 0 Å². The zero-order valence-corrected chi connectivity index (χ0v) is 11.0. The first kappa shape index (κ1) is 11.6. The Kier molecular flexibility index (Phi) is 2.98. The Morgan fingerprint density at radius 2 is 1.72 bits per heavy atom. The van der Waals surface area contributed by atoms with Gasteiger partial charge in [-0.15, -0.1) is 0 Å². The standard InChI is InChI=1S/C15H9ClOS/c16-18-12-6-5-11-7-10-3-1-2-4-13(10)15(9-17)14(11)8-12/h1-9H. The fourth-order valence-corrected chi connectivity index (χ4v) is 2.82. The summed E-state index contributed by atoms with van der Waals surface area (Å²) in [6, 6.07) is 15.9. The monoisotopic (exact) mass is 272 g/mol. The van der Waals surface area contributed by atoms with Crippen molar-refractivity contribution in [3.63, 3.8) is 0 Å². The van der Waals surface area contributed by atoms with Crippen LogP contribution in [0.1, 0.15) is 10.4 Å². The highest BCUT2D eigenvalue weighted by Crippen LogP contribution is 2.31. The maximum absolute atomic E-state index is 11.4. The third-order valence-corrected chi connectivity index (χ3v) is 4.05. The topological polar surface area (TPSA) is 17.1 Å². The van der Waals surface area contributed by atoms with Crippen LogP contribution in [0.15, 0.2) is 53.4 Å². The number of benzene rings is 3. The third kappa shape index (κ3) is 1.78. The lowest BCUT2D eigenvalue weighted by Gasteiger charge is -2.07. The van der Waals surface area contributed by atoms with Gasteiger partial charge in [-0.05, 0) is 61.4 Å². The molecule has 0 radical (unpaired) electrons. The molecule has 3 heteroatoms. The van der Waals surface area contributed by atoms with Crippen LogP contribution in [-0.4, -0.2) is 6.29 Å². The molecule has 18 heavy (non-hydrogen) atoms. The zero-order chi connectivity index (χ0) is 12.5. The summed E-state index contributed by atoms with van der Waals surface area (Å²) in [7, 11) is 6.93. The molecular weight excluding hydrogens is 264 g/mol. The number of rotatable bonds is 2. The molecule has 0 aliphatic heterocycles. The summed E-state index contributed by atoms with van der Waals surface area (Å²) in [5, 5.41) is 4.08. The number of hydrogen-bond acceptors (Lipinski definition) is 2. The van der Waals surface area contributed by atoms with E-state index in [1.165, 1.54) is 0 Å². The SMILES string of the molecule is O=Cc1c2ccccc2cc2ccc(SCl)cc12. The van der Waals surface area contributed by atoms with Crippen LogP contribution >= 0.6 is 21.7 Å². The van der Waals surface area contributed by atoms with Crippen LogP contribution in [0.4, 0.5) is 0 Å². The average Bonchev–Trinajstić information content (AvgIpc) is 2.44. The molecule has 3 rings (SSSR count). The highest BCUT2D eigenvalue weighted by atomic mass is 35.7. The van der Waals surface area contributed by atoms with Crippen LogP contribution in [0, 0.1) is 0 Å². The average molecular weight is 273 g/mol. The van der Waals surface area contributed by atoms with Gasteiger partial charge in [0.1, 0.15) is 0 Å². The van der Waals surface area contributed by atoms with E-state index >= 15 is 0 Å². The molecule has 88 valence electrons. The Bertz CT molecular complexity index is 752. The lowest BCUT2D eigenvalue weighted by Crippen LogP contribution is -1.87. The van der Waals surface area contributed by atoms with Crippen LogP contribution in [0.5, 0.6) is 0 Å². The van der Waals surface area contributed by atoms with Crippen molar-refractivity contribution >= 4 is 49.5 Å². The van der Waals surface area contributed by atoms with Crippen LogP contribution in [-0.2, 0) is 0 Å². The summed E-state index contributed by atoms with van der Waals surface area (Å²) in [6.07, 6.45) is 0.924. The second kappa shape index (κ2) is 4.63. The minimum Gasteiger partial charge on any atom is -0.298 e. The van der Waals surface area contributed by atoms with Crippen molar-refractivity contribution in [1.29, 1.82) is 0 Å². The van der Waals surface area contributed by atoms with E-state index < -0.39 is 0 Å². The van der Waals surface area contributed by atoms with Gasteiger partial charge in [0.25, 0.3) is 0 Å². The molecule has 0 saturated carbocycles. The first-order valence-corrected chi connectivity index (χ1v) is 7.17. The molecule has 3 aromatic rings. The molecule has 0 aromatic heterocycles. The smallest absolute Gasteiger partial charge is 0.151 e. The van der Waals surface area contributed by atoms with Gasteiger partial charge in [0.05, 0.1) is 0 Å². The summed E-state index contributed by atoms with van der Waals surface area (Å²) in [6.45, 7) is 0. The molecule has 0 aliphatic rings. The van der Waals surface area contributed by atoms with Gasteiger partial charge >= 0.3 is 0 Å². The predicted molar refractivity (Wildman–Crippen MR) is 78.6 cm³/mol. The normalized spacial score (nSPS) is 10.9. The number of carbonyl (C=O) groups is 1. The van der Waals surface area contributed by atoms with Gasteiger partial charge in [0, 0.05) is 10.5 Å². The second-order valence-corrected chi connectivity index (χ2v) is 5.18. The fraction of sp³-hybridized carbons (Fsp3) is 0. The van der Waals surface area contributed by atoms with Gasteiger partial charge < -0.3 is 0 Å². The van der Waals surface area contributed by atoms with Gasteiger partial charge in [-0.3, -0.25) is 4.79 Å². The highest BCUT2D eigenvalue weighted by molar-refractivity contribution is 8.21. The molecule has 3 aromatic carbocycles. The van der Waals surface area contributed by atoms with E-state index in [9.17, 15) is 4.79 Å². The van der Waals surface area contributed by atoms with E-state index in [2.05, 4.69) is 6.07 Å². The minimum absolute atomic E-state index is 0.732. The van der Waals surface area contributed by atoms with Gasteiger partial charge in [0.15, 0.2) is 6.29 Å². The molecule has 0 bridgehead atoms. The molecule has 0 unspecified atom stereocenters. The Labute approximate surface area is 113 Å². The van der Waals surface area contributed by atoms with E-state index in [0.29, 0.717) is 0 Å².